The summed E-state index contributed by atoms with van der Waals surface area (Å²) in [5, 5.41) is 17.5. The van der Waals surface area contributed by atoms with E-state index in [0.29, 0.717) is 32.3 Å². The van der Waals surface area contributed by atoms with Crippen LogP contribution in [-0.4, -0.2) is 24.0 Å². The van der Waals surface area contributed by atoms with Crippen LogP contribution >= 0.6 is 34.0 Å². The third-order valence-corrected chi connectivity index (χ3v) is 10.1. The number of nitrogen functional groups attached to an aromatic ring is 2. The lowest BCUT2D eigenvalue weighted by Gasteiger charge is -2.33. The zero-order chi connectivity index (χ0) is 27.4. The maximum Gasteiger partial charge on any atom is 0.341 e. The van der Waals surface area contributed by atoms with Crippen LogP contribution in [0.25, 0.3) is 21.3 Å². The second kappa shape index (κ2) is 9.69. The molecule has 11 heteroatoms. The summed E-state index contributed by atoms with van der Waals surface area (Å²) in [5.74, 6) is -0.358. The second-order valence-electron chi connectivity index (χ2n) is 10.4. The molecule has 0 saturated carbocycles. The lowest BCUT2D eigenvalue weighted by atomic mass is 9.72. The Hall–Kier alpha value is -3.46. The molecule has 4 heterocycles. The number of amides is 1. The summed E-state index contributed by atoms with van der Waals surface area (Å²) >= 11 is 4.01. The minimum Gasteiger partial charge on any atom is -0.465 e. The normalized spacial score (nSPS) is 15.2. The monoisotopic (exact) mass is 565 g/mol. The van der Waals surface area contributed by atoms with Crippen LogP contribution in [0.2, 0.25) is 0 Å². The number of fused-ring (bicyclic) bond motifs is 2. The first-order valence-electron chi connectivity index (χ1n) is 12.0. The predicted octanol–water partition coefficient (Wildman–Crippen LogP) is 6.31. The minimum atomic E-state index is -0.468. The number of esters is 1. The van der Waals surface area contributed by atoms with Gasteiger partial charge in [-0.15, -0.1) is 22.7 Å². The van der Waals surface area contributed by atoms with Crippen molar-refractivity contribution >= 4 is 72.6 Å². The predicted molar refractivity (Wildman–Crippen MR) is 155 cm³/mol. The molecular weight excluding hydrogens is 539 g/mol. The average molecular weight is 566 g/mol. The SMILES string of the molecule is COC(=O)c1c(NC(=O)c2sc3nc(N)c(C#N)c(-c4ccsc4)c3c2N)sc2c1CCC(C(C)(C)C)C2. The molecular formula is C27H27N5O3S3. The number of methoxy groups -OCH3 is 1. The van der Waals surface area contributed by atoms with Crippen molar-refractivity contribution in [3.63, 3.8) is 0 Å². The Morgan fingerprint density at radius 3 is 2.66 bits per heavy atom. The highest BCUT2D eigenvalue weighted by molar-refractivity contribution is 7.21. The number of hydrogen-bond donors (Lipinski definition) is 3. The van der Waals surface area contributed by atoms with Gasteiger partial charge in [0.05, 0.1) is 18.4 Å². The van der Waals surface area contributed by atoms with Gasteiger partial charge in [0.25, 0.3) is 5.91 Å². The molecule has 5 rings (SSSR count). The molecule has 0 bridgehead atoms. The molecule has 1 aliphatic carbocycles. The number of ether oxygens (including phenoxy) is 1. The average Bonchev–Trinajstić information content (AvgIpc) is 3.59. The molecule has 0 spiro atoms. The van der Waals surface area contributed by atoms with Gasteiger partial charge in [-0.05, 0) is 58.5 Å². The summed E-state index contributed by atoms with van der Waals surface area (Å²) in [6.07, 6.45) is 2.56. The Morgan fingerprint density at radius 2 is 2.03 bits per heavy atom. The molecule has 0 saturated heterocycles. The van der Waals surface area contributed by atoms with Gasteiger partial charge in [0.15, 0.2) is 0 Å². The molecule has 1 amide bonds. The van der Waals surface area contributed by atoms with E-state index in [1.54, 1.807) is 0 Å². The number of anilines is 3. The quantitative estimate of drug-likeness (QED) is 0.246. The second-order valence-corrected chi connectivity index (χ2v) is 13.2. The molecule has 38 heavy (non-hydrogen) atoms. The summed E-state index contributed by atoms with van der Waals surface area (Å²) in [7, 11) is 1.34. The van der Waals surface area contributed by atoms with Crippen LogP contribution in [0.4, 0.5) is 16.5 Å². The Morgan fingerprint density at radius 1 is 1.26 bits per heavy atom. The fourth-order valence-electron chi connectivity index (χ4n) is 5.04. The van der Waals surface area contributed by atoms with E-state index in [9.17, 15) is 14.9 Å². The van der Waals surface area contributed by atoms with Crippen molar-refractivity contribution in [3.05, 3.63) is 43.3 Å². The van der Waals surface area contributed by atoms with E-state index >= 15 is 0 Å². The third-order valence-electron chi connectivity index (χ3n) is 7.14. The lowest BCUT2D eigenvalue weighted by molar-refractivity contribution is 0.0600. The highest BCUT2D eigenvalue weighted by atomic mass is 32.1. The summed E-state index contributed by atoms with van der Waals surface area (Å²) in [6.45, 7) is 6.69. The molecule has 0 fully saturated rings. The molecule has 5 N–H and O–H groups in total. The number of thiophene rings is 3. The molecule has 0 aliphatic heterocycles. The van der Waals surface area contributed by atoms with Gasteiger partial charge in [0.1, 0.15) is 32.2 Å². The minimum absolute atomic E-state index is 0.0849. The molecule has 0 aromatic carbocycles. The molecule has 8 nitrogen and oxygen atoms in total. The largest absolute Gasteiger partial charge is 0.465 e. The first kappa shape index (κ1) is 26.2. The number of nitrogens with one attached hydrogen (secondary N) is 1. The fourth-order valence-corrected chi connectivity index (χ4v) is 8.00. The van der Waals surface area contributed by atoms with E-state index in [4.69, 9.17) is 16.2 Å². The number of hydrogen-bond acceptors (Lipinski definition) is 10. The standard InChI is InChI=1S/C27H27N5O3S3/c1-27(2,3)13-5-6-14-16(9-13)37-24(18(14)26(34)35-4)32-23(33)21-20(29)19-17(12-7-8-36-11-12)15(10-28)22(30)31-25(19)38-21/h7-8,11,13H,5-6,9,29H2,1-4H3,(H2,30,31)(H,32,33). The Bertz CT molecular complexity index is 1620. The van der Waals surface area contributed by atoms with Gasteiger partial charge in [-0.3, -0.25) is 4.79 Å². The molecule has 4 aromatic heterocycles. The van der Waals surface area contributed by atoms with E-state index in [2.05, 4.69) is 37.1 Å². The van der Waals surface area contributed by atoms with E-state index in [0.717, 1.165) is 46.6 Å². The summed E-state index contributed by atoms with van der Waals surface area (Å²) in [4.78, 5) is 32.6. The van der Waals surface area contributed by atoms with Crippen LogP contribution in [0.15, 0.2) is 16.8 Å². The number of pyridine rings is 1. The highest BCUT2D eigenvalue weighted by Gasteiger charge is 2.35. The number of nitriles is 1. The summed E-state index contributed by atoms with van der Waals surface area (Å²) in [5.41, 5.74) is 16.0. The van der Waals surface area contributed by atoms with Crippen LogP contribution < -0.4 is 16.8 Å². The third kappa shape index (κ3) is 4.32. The van der Waals surface area contributed by atoms with Crippen molar-refractivity contribution in [2.75, 3.05) is 23.9 Å². The molecule has 0 radical (unpaired) electrons. The van der Waals surface area contributed by atoms with Crippen molar-refractivity contribution in [1.29, 1.82) is 5.26 Å². The van der Waals surface area contributed by atoms with E-state index in [-0.39, 0.29) is 27.4 Å². The molecule has 1 atom stereocenters. The number of carbonyl (C=O) groups is 2. The van der Waals surface area contributed by atoms with Crippen LogP contribution in [0, 0.1) is 22.7 Å². The van der Waals surface area contributed by atoms with Gasteiger partial charge in [0.2, 0.25) is 0 Å². The van der Waals surface area contributed by atoms with Gasteiger partial charge >= 0.3 is 5.97 Å². The van der Waals surface area contributed by atoms with Crippen molar-refractivity contribution < 1.29 is 14.3 Å². The van der Waals surface area contributed by atoms with Crippen LogP contribution in [0.3, 0.4) is 0 Å². The summed E-state index contributed by atoms with van der Waals surface area (Å²) < 4.78 is 5.09. The topological polar surface area (TPSA) is 144 Å². The highest BCUT2D eigenvalue weighted by Crippen LogP contribution is 2.46. The van der Waals surface area contributed by atoms with E-state index < -0.39 is 11.9 Å². The first-order chi connectivity index (χ1) is 18.0. The molecule has 1 unspecified atom stereocenters. The number of aromatic nitrogens is 1. The van der Waals surface area contributed by atoms with E-state index in [1.165, 1.54) is 29.8 Å². The summed E-state index contributed by atoms with van der Waals surface area (Å²) in [6, 6.07) is 4.01. The number of nitrogens with zero attached hydrogens (tertiary/aromatic N) is 2. The van der Waals surface area contributed by atoms with Crippen molar-refractivity contribution in [2.45, 2.75) is 40.0 Å². The van der Waals surface area contributed by atoms with Gasteiger partial charge in [-0.25, -0.2) is 9.78 Å². The lowest BCUT2D eigenvalue weighted by Crippen LogP contribution is -2.26. The maximum atomic E-state index is 13.6. The van der Waals surface area contributed by atoms with Gasteiger partial charge < -0.3 is 21.5 Å². The Labute approximate surface area is 232 Å². The van der Waals surface area contributed by atoms with Crippen LogP contribution in [0.5, 0.6) is 0 Å². The van der Waals surface area contributed by atoms with Crippen molar-refractivity contribution in [1.82, 2.24) is 4.98 Å². The van der Waals surface area contributed by atoms with Crippen molar-refractivity contribution in [2.24, 2.45) is 11.3 Å². The fraction of sp³-hybridized carbons (Fsp3) is 0.333. The van der Waals surface area contributed by atoms with Gasteiger partial charge in [0, 0.05) is 15.8 Å². The molecule has 1 aliphatic rings. The maximum absolute atomic E-state index is 13.6. The zero-order valence-corrected chi connectivity index (χ0v) is 23.9. The van der Waals surface area contributed by atoms with Crippen LogP contribution in [-0.2, 0) is 17.6 Å². The number of nitrogens with two attached hydrogens (primary N) is 2. The first-order valence-corrected chi connectivity index (χ1v) is 14.6. The van der Waals surface area contributed by atoms with Crippen LogP contribution in [0.1, 0.15) is 63.2 Å². The smallest absolute Gasteiger partial charge is 0.341 e. The Kier molecular flexibility index (Phi) is 6.67. The zero-order valence-electron chi connectivity index (χ0n) is 21.4. The van der Waals surface area contributed by atoms with Crippen molar-refractivity contribution in [3.8, 4) is 17.2 Å². The van der Waals surface area contributed by atoms with Gasteiger partial charge in [-0.2, -0.15) is 16.6 Å². The number of carbonyl (C=O) groups excluding carboxylic acids is 2. The number of rotatable bonds is 4. The molecule has 196 valence electrons. The molecule has 4 aromatic rings. The van der Waals surface area contributed by atoms with E-state index in [1.807, 2.05) is 16.8 Å². The Balaban J connectivity index is 1.58. The van der Waals surface area contributed by atoms with Gasteiger partial charge in [-0.1, -0.05) is 20.8 Å².